The molecule has 1 heterocycles. The van der Waals surface area contributed by atoms with Gasteiger partial charge in [-0.25, -0.2) is 0 Å². The van der Waals surface area contributed by atoms with Crippen molar-refractivity contribution in [2.24, 2.45) is 0 Å². The SMILES string of the molecule is CCN1N(CC)[SiH](C)[Si](C)(C)[Si](C)(CC)N1CC. The Bertz CT molecular complexity index is 288. The fraction of sp³-hybridized carbons (Fsp3) is 1.00. The molecule has 0 bridgehead atoms. The van der Waals surface area contributed by atoms with Gasteiger partial charge in [0.2, 0.25) is 0 Å². The van der Waals surface area contributed by atoms with Gasteiger partial charge in [-0.15, -0.1) is 0 Å². The Morgan fingerprint density at radius 2 is 1.44 bits per heavy atom. The van der Waals surface area contributed by atoms with E-state index in [0.29, 0.717) is 0 Å². The Morgan fingerprint density at radius 1 is 0.889 bits per heavy atom. The van der Waals surface area contributed by atoms with Gasteiger partial charge in [0.15, 0.2) is 0 Å². The van der Waals surface area contributed by atoms with E-state index >= 15 is 0 Å². The molecule has 6 heteroatoms. The third kappa shape index (κ3) is 2.20. The second kappa shape index (κ2) is 5.89. The molecule has 0 saturated carbocycles. The van der Waals surface area contributed by atoms with E-state index in [1.165, 1.54) is 19.1 Å². The lowest BCUT2D eigenvalue weighted by atomic mass is 10.7. The van der Waals surface area contributed by atoms with E-state index in [4.69, 9.17) is 0 Å². The van der Waals surface area contributed by atoms with Crippen LogP contribution in [0.3, 0.4) is 0 Å². The maximum absolute atomic E-state index is 2.82. The molecule has 1 rings (SSSR count). The Morgan fingerprint density at radius 3 is 1.78 bits per heavy atom. The highest BCUT2D eigenvalue weighted by atomic mass is 29.6. The normalized spacial score (nSPS) is 35.0. The Hall–Kier alpha value is 0.531. The molecule has 0 aromatic heterocycles. The summed E-state index contributed by atoms with van der Waals surface area (Å²) in [5.41, 5.74) is 0. The van der Waals surface area contributed by atoms with Crippen LogP contribution in [0, 0.1) is 0 Å². The second-order valence-corrected chi connectivity index (χ2v) is 31.0. The first-order chi connectivity index (χ1) is 8.31. The van der Waals surface area contributed by atoms with Crippen LogP contribution < -0.4 is 0 Å². The molecule has 1 saturated heterocycles. The number of hydrazine groups is 2. The second-order valence-electron chi connectivity index (χ2n) is 6.19. The molecule has 0 spiro atoms. The quantitative estimate of drug-likeness (QED) is 0.739. The fourth-order valence-corrected chi connectivity index (χ4v) is 34.1. The molecule has 0 aromatic carbocycles. The van der Waals surface area contributed by atoms with Crippen molar-refractivity contribution in [3.63, 3.8) is 0 Å². The van der Waals surface area contributed by atoms with E-state index in [0.717, 1.165) is 6.54 Å². The Balaban J connectivity index is 3.27. The van der Waals surface area contributed by atoms with Crippen LogP contribution in [0.5, 0.6) is 0 Å². The van der Waals surface area contributed by atoms with Gasteiger partial charge in [0.1, 0.15) is 16.2 Å². The number of nitrogens with zero attached hydrogens (tertiary/aromatic N) is 3. The van der Waals surface area contributed by atoms with Gasteiger partial charge in [-0.3, -0.25) is 9.35 Å². The van der Waals surface area contributed by atoms with Gasteiger partial charge in [-0.05, 0) is 13.0 Å². The molecule has 3 nitrogen and oxygen atoms in total. The Labute approximate surface area is 117 Å². The zero-order valence-corrected chi connectivity index (χ0v) is 16.9. The Kier molecular flexibility index (Phi) is 5.42. The molecule has 0 aliphatic carbocycles. The summed E-state index contributed by atoms with van der Waals surface area (Å²) < 4.78 is 5.58. The molecule has 2 atom stereocenters. The zero-order valence-electron chi connectivity index (χ0n) is 13.7. The summed E-state index contributed by atoms with van der Waals surface area (Å²) >= 11 is 0. The largest absolute Gasteiger partial charge is 0.258 e. The van der Waals surface area contributed by atoms with Crippen LogP contribution in [0.2, 0.25) is 32.2 Å². The van der Waals surface area contributed by atoms with Gasteiger partial charge in [0.25, 0.3) is 0 Å². The standard InChI is InChI=1S/C12H33N3Si3/c1-9-13-14(10-2)16(5)17(6,7)18(8,12-4)15(13)11-3/h16H,9-12H2,1-8H3. The highest BCUT2D eigenvalue weighted by Gasteiger charge is 2.58. The highest BCUT2D eigenvalue weighted by molar-refractivity contribution is 7.63. The molecule has 1 fully saturated rings. The van der Waals surface area contributed by atoms with Crippen LogP contribution in [0.4, 0.5) is 0 Å². The lowest BCUT2D eigenvalue weighted by Crippen LogP contribution is -2.86. The topological polar surface area (TPSA) is 9.72 Å². The van der Waals surface area contributed by atoms with Crippen LogP contribution in [-0.2, 0) is 0 Å². The van der Waals surface area contributed by atoms with Crippen LogP contribution in [0.1, 0.15) is 27.7 Å². The van der Waals surface area contributed by atoms with Gasteiger partial charge in [-0.1, -0.05) is 47.0 Å². The van der Waals surface area contributed by atoms with E-state index in [-0.39, 0.29) is 0 Å². The average molecular weight is 304 g/mol. The third-order valence-corrected chi connectivity index (χ3v) is 41.8. The molecule has 108 valence electrons. The zero-order chi connectivity index (χ0) is 14.1. The van der Waals surface area contributed by atoms with Gasteiger partial charge >= 0.3 is 0 Å². The molecular weight excluding hydrogens is 270 g/mol. The van der Waals surface area contributed by atoms with Crippen molar-refractivity contribution in [1.82, 2.24) is 14.5 Å². The van der Waals surface area contributed by atoms with Crippen LogP contribution in [0.15, 0.2) is 0 Å². The van der Waals surface area contributed by atoms with E-state index in [9.17, 15) is 0 Å². The van der Waals surface area contributed by atoms with Crippen molar-refractivity contribution >= 4 is 23.3 Å². The number of hydrogen-bond donors (Lipinski definition) is 0. The van der Waals surface area contributed by atoms with Crippen molar-refractivity contribution in [1.29, 1.82) is 0 Å². The summed E-state index contributed by atoms with van der Waals surface area (Å²) in [6, 6.07) is 1.42. The van der Waals surface area contributed by atoms with E-state index in [2.05, 4.69) is 68.3 Å². The van der Waals surface area contributed by atoms with E-state index < -0.39 is 23.3 Å². The fourth-order valence-electron chi connectivity index (χ4n) is 3.69. The third-order valence-electron chi connectivity index (χ3n) is 5.62. The summed E-state index contributed by atoms with van der Waals surface area (Å²) in [6.07, 6.45) is 0. The number of rotatable bonds is 4. The average Bonchev–Trinajstić information content (AvgIpc) is 2.36. The predicted octanol–water partition coefficient (Wildman–Crippen LogP) is 2.61. The van der Waals surface area contributed by atoms with Gasteiger partial charge in [0.05, 0.1) is 7.11 Å². The molecule has 0 N–H and O–H groups in total. The lowest BCUT2D eigenvalue weighted by molar-refractivity contribution is -0.0875. The molecule has 0 aromatic rings. The van der Waals surface area contributed by atoms with E-state index in [1.54, 1.807) is 0 Å². The van der Waals surface area contributed by atoms with Crippen LogP contribution in [0.25, 0.3) is 0 Å². The lowest BCUT2D eigenvalue weighted by Gasteiger charge is -2.63. The minimum atomic E-state index is -1.25. The van der Waals surface area contributed by atoms with Crippen molar-refractivity contribution in [3.8, 4) is 0 Å². The smallest absolute Gasteiger partial charge is 0.133 e. The van der Waals surface area contributed by atoms with Gasteiger partial charge in [0, 0.05) is 19.6 Å². The van der Waals surface area contributed by atoms with Crippen LogP contribution in [-0.4, -0.2) is 57.4 Å². The molecule has 2 unspecified atom stereocenters. The van der Waals surface area contributed by atoms with Gasteiger partial charge in [-0.2, -0.15) is 5.12 Å². The summed E-state index contributed by atoms with van der Waals surface area (Å²) in [7, 11) is -3.11. The van der Waals surface area contributed by atoms with Crippen LogP contribution >= 0.6 is 0 Å². The summed E-state index contributed by atoms with van der Waals surface area (Å²) in [5.74, 6) is 0. The summed E-state index contributed by atoms with van der Waals surface area (Å²) in [5, 5.41) is 2.63. The predicted molar refractivity (Wildman–Crippen MR) is 89.7 cm³/mol. The molecule has 0 radical (unpaired) electrons. The monoisotopic (exact) mass is 303 g/mol. The minimum absolute atomic E-state index is 0.771. The first kappa shape index (κ1) is 16.6. The molecule has 1 aliphatic rings. The van der Waals surface area contributed by atoms with Gasteiger partial charge < -0.3 is 0 Å². The van der Waals surface area contributed by atoms with Crippen molar-refractivity contribution in [3.05, 3.63) is 0 Å². The highest BCUT2D eigenvalue weighted by Crippen LogP contribution is 2.36. The maximum atomic E-state index is 2.82. The maximum Gasteiger partial charge on any atom is 0.133 e. The molecule has 18 heavy (non-hydrogen) atoms. The summed E-state index contributed by atoms with van der Waals surface area (Å²) in [4.78, 5) is 0. The molecule has 1 aliphatic heterocycles. The molecule has 0 amide bonds. The van der Waals surface area contributed by atoms with Crippen molar-refractivity contribution in [2.75, 3.05) is 19.6 Å². The molecular formula is C12H33N3Si3. The first-order valence-corrected chi connectivity index (χ1v) is 17.8. The van der Waals surface area contributed by atoms with Crippen molar-refractivity contribution in [2.45, 2.75) is 59.9 Å². The number of hydrogen-bond acceptors (Lipinski definition) is 3. The minimum Gasteiger partial charge on any atom is -0.258 e. The first-order valence-electron chi connectivity index (χ1n) is 7.63. The van der Waals surface area contributed by atoms with Crippen molar-refractivity contribution < 1.29 is 0 Å². The van der Waals surface area contributed by atoms with E-state index in [1.807, 2.05) is 0 Å². The summed E-state index contributed by atoms with van der Waals surface area (Å²) in [6.45, 7) is 23.6.